The van der Waals surface area contributed by atoms with Crippen molar-refractivity contribution in [1.29, 1.82) is 0 Å². The average Bonchev–Trinajstić information content (AvgIpc) is 3.48. The zero-order valence-corrected chi connectivity index (χ0v) is 17.7. The van der Waals surface area contributed by atoms with Crippen LogP contribution in [0.1, 0.15) is 40.6 Å². The minimum Gasteiger partial charge on any atom is -0.497 e. The number of rotatable bonds is 8. The summed E-state index contributed by atoms with van der Waals surface area (Å²) in [6.07, 6.45) is 2.62. The predicted molar refractivity (Wildman–Crippen MR) is 121 cm³/mol. The highest BCUT2D eigenvalue weighted by molar-refractivity contribution is 6.05. The van der Waals surface area contributed by atoms with Crippen LogP contribution in [-0.4, -0.2) is 32.7 Å². The molecule has 0 radical (unpaired) electrons. The molecule has 0 atom stereocenters. The van der Waals surface area contributed by atoms with Crippen LogP contribution in [0.3, 0.4) is 0 Å². The SMILES string of the molecule is COc1ccc2cc(C(=O)Cc3ccc(C4OCCO4)cc3)cc(NCC3CC3)c2c1. The van der Waals surface area contributed by atoms with Crippen LogP contribution >= 0.6 is 0 Å². The maximum Gasteiger partial charge on any atom is 0.184 e. The molecule has 1 N–H and O–H groups in total. The van der Waals surface area contributed by atoms with Gasteiger partial charge in [0, 0.05) is 35.2 Å². The van der Waals surface area contributed by atoms with Crippen molar-refractivity contribution in [3.8, 4) is 5.75 Å². The molecule has 31 heavy (non-hydrogen) atoms. The molecule has 5 nitrogen and oxygen atoms in total. The fraction of sp³-hybridized carbons (Fsp3) is 0.346. The van der Waals surface area contributed by atoms with Crippen molar-refractivity contribution in [3.05, 3.63) is 71.3 Å². The first-order valence-electron chi connectivity index (χ1n) is 10.9. The van der Waals surface area contributed by atoms with Crippen molar-refractivity contribution in [2.24, 2.45) is 5.92 Å². The maximum atomic E-state index is 13.1. The summed E-state index contributed by atoms with van der Waals surface area (Å²) >= 11 is 0. The molecule has 0 spiro atoms. The van der Waals surface area contributed by atoms with E-state index in [0.717, 1.165) is 51.4 Å². The number of hydrogen-bond donors (Lipinski definition) is 1. The summed E-state index contributed by atoms with van der Waals surface area (Å²) in [5.74, 6) is 1.66. The Kier molecular flexibility index (Phi) is 5.62. The van der Waals surface area contributed by atoms with Crippen molar-refractivity contribution in [2.45, 2.75) is 25.6 Å². The Morgan fingerprint density at radius 2 is 1.81 bits per heavy atom. The fourth-order valence-corrected chi connectivity index (χ4v) is 3.98. The van der Waals surface area contributed by atoms with Gasteiger partial charge in [0.05, 0.1) is 20.3 Å². The highest BCUT2D eigenvalue weighted by Crippen LogP contribution is 2.33. The molecule has 1 heterocycles. The van der Waals surface area contributed by atoms with Gasteiger partial charge in [-0.3, -0.25) is 4.79 Å². The van der Waals surface area contributed by atoms with E-state index in [0.29, 0.717) is 19.6 Å². The molecule has 0 aromatic heterocycles. The van der Waals surface area contributed by atoms with Crippen molar-refractivity contribution in [3.63, 3.8) is 0 Å². The van der Waals surface area contributed by atoms with Gasteiger partial charge in [-0.1, -0.05) is 30.3 Å². The van der Waals surface area contributed by atoms with Crippen LogP contribution < -0.4 is 10.1 Å². The Morgan fingerprint density at radius 3 is 2.52 bits per heavy atom. The lowest BCUT2D eigenvalue weighted by Gasteiger charge is -2.14. The number of methoxy groups -OCH3 is 1. The minimum atomic E-state index is -0.290. The molecule has 3 aromatic rings. The number of fused-ring (bicyclic) bond motifs is 1. The number of anilines is 1. The zero-order chi connectivity index (χ0) is 21.2. The number of benzene rings is 3. The number of ether oxygens (including phenoxy) is 3. The fourth-order valence-electron chi connectivity index (χ4n) is 3.98. The third-order valence-electron chi connectivity index (χ3n) is 6.00. The van der Waals surface area contributed by atoms with Gasteiger partial charge in [0.15, 0.2) is 12.1 Å². The zero-order valence-electron chi connectivity index (χ0n) is 17.7. The molecule has 5 heteroatoms. The molecule has 0 unspecified atom stereocenters. The van der Waals surface area contributed by atoms with E-state index in [1.807, 2.05) is 54.6 Å². The summed E-state index contributed by atoms with van der Waals surface area (Å²) in [5, 5.41) is 5.68. The van der Waals surface area contributed by atoms with Gasteiger partial charge < -0.3 is 19.5 Å². The van der Waals surface area contributed by atoms with Gasteiger partial charge in [0.2, 0.25) is 0 Å². The van der Waals surface area contributed by atoms with Crippen LogP contribution in [0.25, 0.3) is 10.8 Å². The third-order valence-corrected chi connectivity index (χ3v) is 6.00. The Bertz CT molecular complexity index is 1080. The van der Waals surface area contributed by atoms with E-state index in [1.165, 1.54) is 12.8 Å². The minimum absolute atomic E-state index is 0.105. The molecule has 0 amide bonds. The number of carbonyl (C=O) groups is 1. The number of nitrogens with one attached hydrogen (secondary N) is 1. The van der Waals surface area contributed by atoms with Gasteiger partial charge >= 0.3 is 0 Å². The van der Waals surface area contributed by atoms with Crippen LogP contribution in [0.2, 0.25) is 0 Å². The second-order valence-corrected chi connectivity index (χ2v) is 8.35. The molecule has 0 bridgehead atoms. The summed E-state index contributed by atoms with van der Waals surface area (Å²) in [5.41, 5.74) is 3.69. The van der Waals surface area contributed by atoms with Gasteiger partial charge in [0.1, 0.15) is 5.75 Å². The quantitative estimate of drug-likeness (QED) is 0.514. The second-order valence-electron chi connectivity index (χ2n) is 8.35. The van der Waals surface area contributed by atoms with Crippen molar-refractivity contribution < 1.29 is 19.0 Å². The molecular weight excluding hydrogens is 390 g/mol. The van der Waals surface area contributed by atoms with E-state index in [-0.39, 0.29) is 12.1 Å². The summed E-state index contributed by atoms with van der Waals surface area (Å²) in [4.78, 5) is 13.1. The van der Waals surface area contributed by atoms with E-state index in [9.17, 15) is 4.79 Å². The first kappa shape index (κ1) is 20.0. The van der Waals surface area contributed by atoms with E-state index in [4.69, 9.17) is 14.2 Å². The molecule has 5 rings (SSSR count). The molecule has 2 fully saturated rings. The Hall–Kier alpha value is -2.89. The normalized spacial score (nSPS) is 16.5. The van der Waals surface area contributed by atoms with Crippen LogP contribution in [0.15, 0.2) is 54.6 Å². The smallest absolute Gasteiger partial charge is 0.184 e. The largest absolute Gasteiger partial charge is 0.497 e. The maximum absolute atomic E-state index is 13.1. The van der Waals surface area contributed by atoms with E-state index in [1.54, 1.807) is 7.11 Å². The average molecular weight is 418 g/mol. The Labute approximate surface area is 182 Å². The third kappa shape index (κ3) is 4.58. The molecule has 1 saturated carbocycles. The Balaban J connectivity index is 1.38. The standard InChI is InChI=1S/C26H27NO4/c1-29-22-9-8-20-13-21(14-24(23(20)15-22)27-16-18-2-3-18)25(28)12-17-4-6-19(7-5-17)26-30-10-11-31-26/h4-9,13-15,18,26-27H,2-3,10-12,16H2,1H3. The van der Waals surface area contributed by atoms with Gasteiger partial charge in [-0.2, -0.15) is 0 Å². The van der Waals surface area contributed by atoms with Crippen LogP contribution in [-0.2, 0) is 15.9 Å². The highest BCUT2D eigenvalue weighted by atomic mass is 16.7. The van der Waals surface area contributed by atoms with E-state index in [2.05, 4.69) is 5.32 Å². The Morgan fingerprint density at radius 1 is 1.03 bits per heavy atom. The van der Waals surface area contributed by atoms with E-state index >= 15 is 0 Å². The lowest BCUT2D eigenvalue weighted by atomic mass is 9.98. The number of ketones is 1. The monoisotopic (exact) mass is 417 g/mol. The molecule has 3 aromatic carbocycles. The number of carbonyl (C=O) groups excluding carboxylic acids is 1. The summed E-state index contributed by atoms with van der Waals surface area (Å²) in [7, 11) is 1.67. The first-order valence-corrected chi connectivity index (χ1v) is 10.9. The number of Topliss-reactive ketones (excluding diaryl/α,β-unsaturated/α-hetero) is 1. The molecular formula is C26H27NO4. The van der Waals surface area contributed by atoms with Crippen LogP contribution in [0, 0.1) is 5.92 Å². The number of hydrogen-bond acceptors (Lipinski definition) is 5. The van der Waals surface area contributed by atoms with E-state index < -0.39 is 0 Å². The van der Waals surface area contributed by atoms with Crippen molar-refractivity contribution in [2.75, 3.05) is 32.2 Å². The van der Waals surface area contributed by atoms with Gasteiger partial charge in [-0.05, 0) is 54.0 Å². The predicted octanol–water partition coefficient (Wildman–Crippen LogP) is 5.14. The van der Waals surface area contributed by atoms with Gasteiger partial charge in [0.25, 0.3) is 0 Å². The second kappa shape index (κ2) is 8.69. The van der Waals surface area contributed by atoms with Gasteiger partial charge in [-0.25, -0.2) is 0 Å². The summed E-state index contributed by atoms with van der Waals surface area (Å²) in [6, 6.07) is 17.9. The van der Waals surface area contributed by atoms with Crippen LogP contribution in [0.5, 0.6) is 5.75 Å². The lowest BCUT2D eigenvalue weighted by molar-refractivity contribution is -0.0441. The van der Waals surface area contributed by atoms with Crippen LogP contribution in [0.4, 0.5) is 5.69 Å². The lowest BCUT2D eigenvalue weighted by Crippen LogP contribution is -2.08. The molecule has 1 aliphatic carbocycles. The van der Waals surface area contributed by atoms with Gasteiger partial charge in [-0.15, -0.1) is 0 Å². The topological polar surface area (TPSA) is 56.8 Å². The molecule has 160 valence electrons. The summed E-state index contributed by atoms with van der Waals surface area (Å²) < 4.78 is 16.5. The molecule has 1 aliphatic heterocycles. The summed E-state index contributed by atoms with van der Waals surface area (Å²) in [6.45, 7) is 2.18. The van der Waals surface area contributed by atoms with Crippen molar-refractivity contribution >= 4 is 22.2 Å². The van der Waals surface area contributed by atoms with Crippen molar-refractivity contribution in [1.82, 2.24) is 0 Å². The first-order chi connectivity index (χ1) is 15.2. The molecule has 2 aliphatic rings. The highest BCUT2D eigenvalue weighted by Gasteiger charge is 2.22. The molecule has 1 saturated heterocycles.